The van der Waals surface area contributed by atoms with Crippen LogP contribution in [0.1, 0.15) is 19.3 Å². The Morgan fingerprint density at radius 2 is 2.00 bits per heavy atom. The van der Waals surface area contributed by atoms with Gasteiger partial charge >= 0.3 is 0 Å². The molecule has 2 rings (SSSR count). The molecular formula is C11H19ClF2N2O3S. The lowest BCUT2D eigenvalue weighted by molar-refractivity contribution is -0.123. The Morgan fingerprint density at radius 3 is 2.50 bits per heavy atom. The molecule has 2 fully saturated rings. The fourth-order valence-electron chi connectivity index (χ4n) is 2.08. The molecule has 1 saturated heterocycles. The predicted octanol–water partition coefficient (Wildman–Crippen LogP) is 0.346. The van der Waals surface area contributed by atoms with E-state index in [1.54, 1.807) is 0 Å². The van der Waals surface area contributed by atoms with E-state index in [-0.39, 0.29) is 36.4 Å². The first-order chi connectivity index (χ1) is 8.77. The van der Waals surface area contributed by atoms with Gasteiger partial charge in [0.25, 0.3) is 5.92 Å². The van der Waals surface area contributed by atoms with E-state index >= 15 is 0 Å². The number of halogens is 3. The number of carbonyl (C=O) groups excluding carboxylic acids is 1. The Kier molecular flexibility index (Phi) is 5.74. The standard InChI is InChI=1S/C11H18F2N2O3S.ClH/c12-11(13)5-9(15-7-11)10(16)14-3-4-19(17,18)6-8-1-2-8;/h8-9,15H,1-7H2,(H,14,16);1H. The summed E-state index contributed by atoms with van der Waals surface area (Å²) in [5, 5.41) is 4.82. The van der Waals surface area contributed by atoms with Gasteiger partial charge in [0.1, 0.15) is 0 Å². The molecule has 2 aliphatic rings. The van der Waals surface area contributed by atoms with Gasteiger partial charge in [-0.3, -0.25) is 10.1 Å². The summed E-state index contributed by atoms with van der Waals surface area (Å²) < 4.78 is 49.0. The molecule has 1 aliphatic carbocycles. The van der Waals surface area contributed by atoms with Crippen LogP contribution < -0.4 is 10.6 Å². The van der Waals surface area contributed by atoms with E-state index in [0.717, 1.165) is 12.8 Å². The SMILES string of the molecule is Cl.O=C(NCCS(=O)(=O)CC1CC1)C1CC(F)(F)CN1. The number of rotatable bonds is 6. The van der Waals surface area contributed by atoms with Gasteiger partial charge in [-0.2, -0.15) is 0 Å². The van der Waals surface area contributed by atoms with Crippen molar-refractivity contribution in [3.63, 3.8) is 0 Å². The summed E-state index contributed by atoms with van der Waals surface area (Å²) in [5.41, 5.74) is 0. The summed E-state index contributed by atoms with van der Waals surface area (Å²) in [5.74, 6) is -3.10. The Bertz CT molecular complexity index is 455. The van der Waals surface area contributed by atoms with Crippen molar-refractivity contribution >= 4 is 28.2 Å². The largest absolute Gasteiger partial charge is 0.354 e. The van der Waals surface area contributed by atoms with E-state index in [0.29, 0.717) is 0 Å². The van der Waals surface area contributed by atoms with Crippen LogP contribution in [0.4, 0.5) is 8.78 Å². The molecular weight excluding hydrogens is 314 g/mol. The Balaban J connectivity index is 0.00000200. The van der Waals surface area contributed by atoms with Gasteiger partial charge in [-0.05, 0) is 18.8 Å². The van der Waals surface area contributed by atoms with E-state index in [2.05, 4.69) is 10.6 Å². The molecule has 1 unspecified atom stereocenters. The minimum absolute atomic E-state index is 0. The minimum atomic E-state index is -3.14. The van der Waals surface area contributed by atoms with Crippen LogP contribution >= 0.6 is 12.4 Å². The quantitative estimate of drug-likeness (QED) is 0.736. The maximum Gasteiger partial charge on any atom is 0.262 e. The van der Waals surface area contributed by atoms with E-state index in [4.69, 9.17) is 0 Å². The van der Waals surface area contributed by atoms with Gasteiger partial charge in [0.05, 0.1) is 24.1 Å². The van der Waals surface area contributed by atoms with Crippen molar-refractivity contribution in [3.8, 4) is 0 Å². The van der Waals surface area contributed by atoms with E-state index < -0.39 is 40.7 Å². The fraction of sp³-hybridized carbons (Fsp3) is 0.909. The zero-order valence-electron chi connectivity index (χ0n) is 10.9. The zero-order valence-corrected chi connectivity index (χ0v) is 12.5. The zero-order chi connectivity index (χ0) is 14.1. The van der Waals surface area contributed by atoms with Crippen LogP contribution in [0, 0.1) is 5.92 Å². The summed E-state index contributed by atoms with van der Waals surface area (Å²) >= 11 is 0. The highest BCUT2D eigenvalue weighted by atomic mass is 35.5. The summed E-state index contributed by atoms with van der Waals surface area (Å²) in [6, 6.07) is -0.930. The molecule has 0 radical (unpaired) electrons. The van der Waals surface area contributed by atoms with Crippen LogP contribution in [0.15, 0.2) is 0 Å². The van der Waals surface area contributed by atoms with Gasteiger partial charge in [-0.1, -0.05) is 0 Å². The van der Waals surface area contributed by atoms with E-state index in [1.807, 2.05) is 0 Å². The van der Waals surface area contributed by atoms with Gasteiger partial charge < -0.3 is 5.32 Å². The third-order valence-electron chi connectivity index (χ3n) is 3.33. The molecule has 5 nitrogen and oxygen atoms in total. The Hall–Kier alpha value is -0.470. The second-order valence-electron chi connectivity index (χ2n) is 5.34. The van der Waals surface area contributed by atoms with Crippen LogP contribution in [0.5, 0.6) is 0 Å². The number of alkyl halides is 2. The summed E-state index contributed by atoms with van der Waals surface area (Å²) in [7, 11) is -3.14. The molecule has 1 amide bonds. The molecule has 1 atom stereocenters. The molecule has 0 bridgehead atoms. The minimum Gasteiger partial charge on any atom is -0.354 e. The first kappa shape index (κ1) is 17.6. The van der Waals surface area contributed by atoms with Crippen molar-refractivity contribution in [2.45, 2.75) is 31.2 Å². The average Bonchev–Trinajstić information content (AvgIpc) is 2.99. The first-order valence-electron chi connectivity index (χ1n) is 6.37. The van der Waals surface area contributed by atoms with Gasteiger partial charge in [-0.25, -0.2) is 17.2 Å². The summed E-state index contributed by atoms with van der Waals surface area (Å²) in [4.78, 5) is 11.6. The van der Waals surface area contributed by atoms with Gasteiger partial charge in [-0.15, -0.1) is 12.4 Å². The van der Waals surface area contributed by atoms with Crippen molar-refractivity contribution in [1.29, 1.82) is 0 Å². The van der Waals surface area contributed by atoms with Crippen LogP contribution in [0.3, 0.4) is 0 Å². The van der Waals surface area contributed by atoms with Crippen LogP contribution in [-0.2, 0) is 14.6 Å². The smallest absolute Gasteiger partial charge is 0.262 e. The number of hydrogen-bond acceptors (Lipinski definition) is 4. The molecule has 1 heterocycles. The molecule has 2 N–H and O–H groups in total. The van der Waals surface area contributed by atoms with Crippen LogP contribution in [0.2, 0.25) is 0 Å². The normalized spacial score (nSPS) is 25.0. The molecule has 9 heteroatoms. The topological polar surface area (TPSA) is 75.3 Å². The second kappa shape index (κ2) is 6.53. The van der Waals surface area contributed by atoms with Crippen molar-refractivity contribution < 1.29 is 22.0 Å². The predicted molar refractivity (Wildman–Crippen MR) is 73.0 cm³/mol. The Labute approximate surface area is 123 Å². The average molecular weight is 333 g/mol. The van der Waals surface area contributed by atoms with E-state index in [1.165, 1.54) is 0 Å². The van der Waals surface area contributed by atoms with Crippen LogP contribution in [0.25, 0.3) is 0 Å². The molecule has 0 spiro atoms. The Morgan fingerprint density at radius 1 is 1.35 bits per heavy atom. The molecule has 0 aromatic carbocycles. The fourth-order valence-corrected chi connectivity index (χ4v) is 3.71. The lowest BCUT2D eigenvalue weighted by Gasteiger charge is -2.11. The highest BCUT2D eigenvalue weighted by molar-refractivity contribution is 7.91. The lowest BCUT2D eigenvalue weighted by atomic mass is 10.2. The molecule has 1 saturated carbocycles. The van der Waals surface area contributed by atoms with Gasteiger partial charge in [0, 0.05) is 13.0 Å². The molecule has 1 aliphatic heterocycles. The number of carbonyl (C=O) groups is 1. The van der Waals surface area contributed by atoms with Gasteiger partial charge in [0.15, 0.2) is 9.84 Å². The van der Waals surface area contributed by atoms with Crippen molar-refractivity contribution in [3.05, 3.63) is 0 Å². The number of nitrogens with one attached hydrogen (secondary N) is 2. The summed E-state index contributed by atoms with van der Waals surface area (Å²) in [6.07, 6.45) is 1.37. The highest BCUT2D eigenvalue weighted by Crippen LogP contribution is 2.30. The molecule has 0 aromatic heterocycles. The number of amides is 1. The van der Waals surface area contributed by atoms with Crippen LogP contribution in [-0.4, -0.2) is 50.9 Å². The third kappa shape index (κ3) is 5.49. The monoisotopic (exact) mass is 332 g/mol. The highest BCUT2D eigenvalue weighted by Gasteiger charge is 2.42. The maximum atomic E-state index is 12.9. The second-order valence-corrected chi connectivity index (χ2v) is 7.57. The van der Waals surface area contributed by atoms with Crippen molar-refractivity contribution in [1.82, 2.24) is 10.6 Å². The molecule has 0 aromatic rings. The number of sulfone groups is 1. The first-order valence-corrected chi connectivity index (χ1v) is 8.19. The maximum absolute atomic E-state index is 12.9. The lowest BCUT2D eigenvalue weighted by Crippen LogP contribution is -2.42. The summed E-state index contributed by atoms with van der Waals surface area (Å²) in [6.45, 7) is -0.525. The van der Waals surface area contributed by atoms with Crippen molar-refractivity contribution in [2.24, 2.45) is 5.92 Å². The van der Waals surface area contributed by atoms with E-state index in [9.17, 15) is 22.0 Å². The van der Waals surface area contributed by atoms with Crippen molar-refractivity contribution in [2.75, 3.05) is 24.6 Å². The molecule has 118 valence electrons. The number of hydrogen-bond donors (Lipinski definition) is 2. The third-order valence-corrected chi connectivity index (χ3v) is 5.13. The molecule has 20 heavy (non-hydrogen) atoms. The van der Waals surface area contributed by atoms with Gasteiger partial charge in [0.2, 0.25) is 5.91 Å².